The van der Waals surface area contributed by atoms with E-state index in [1.54, 1.807) is 18.2 Å². The van der Waals surface area contributed by atoms with Crippen molar-refractivity contribution < 1.29 is 19.4 Å². The molecule has 0 spiro atoms. The minimum Gasteiger partial charge on any atom is -0.438 e. The summed E-state index contributed by atoms with van der Waals surface area (Å²) in [5.41, 5.74) is 6.89. The van der Waals surface area contributed by atoms with Crippen LogP contribution in [0, 0.1) is 0 Å². The number of nitrogens with two attached hydrogens (primary N) is 1. The summed E-state index contributed by atoms with van der Waals surface area (Å²) in [6.45, 7) is 1.68. The number of hydrogen-bond donors (Lipinski definition) is 3. The molecule has 4 N–H and O–H groups in total. The largest absolute Gasteiger partial charge is 0.438 e. The monoisotopic (exact) mass is 405 g/mol. The van der Waals surface area contributed by atoms with Gasteiger partial charge in [0.25, 0.3) is 5.91 Å². The van der Waals surface area contributed by atoms with Gasteiger partial charge in [0.1, 0.15) is 11.6 Å². The van der Waals surface area contributed by atoms with E-state index in [0.29, 0.717) is 36.3 Å². The van der Waals surface area contributed by atoms with Gasteiger partial charge in [-0.05, 0) is 24.1 Å². The van der Waals surface area contributed by atoms with E-state index in [4.69, 9.17) is 31.9 Å². The van der Waals surface area contributed by atoms with Gasteiger partial charge in [0.2, 0.25) is 11.8 Å². The molecule has 2 aromatic rings. The van der Waals surface area contributed by atoms with Crippen molar-refractivity contribution in [1.82, 2.24) is 15.3 Å². The van der Waals surface area contributed by atoms with Crippen LogP contribution in [0.4, 0.5) is 11.8 Å². The molecule has 4 rings (SSSR count). The van der Waals surface area contributed by atoms with Gasteiger partial charge in [-0.15, -0.1) is 0 Å². The fraction of sp³-hybridized carbons (Fsp3) is 0.389. The average Bonchev–Trinajstić information content (AvgIpc) is 2.90. The lowest BCUT2D eigenvalue weighted by atomic mass is 10.0. The van der Waals surface area contributed by atoms with Gasteiger partial charge < -0.3 is 30.5 Å². The number of benzene rings is 1. The molecule has 0 aliphatic carbocycles. The Morgan fingerprint density at radius 1 is 1.39 bits per heavy atom. The molecule has 1 atom stereocenters. The molecule has 1 saturated heterocycles. The van der Waals surface area contributed by atoms with E-state index in [1.165, 1.54) is 0 Å². The highest BCUT2D eigenvalue weighted by atomic mass is 35.5. The molecule has 0 saturated carbocycles. The van der Waals surface area contributed by atoms with Gasteiger partial charge in [-0.2, -0.15) is 9.97 Å². The number of ether oxygens (including phenoxy) is 2. The van der Waals surface area contributed by atoms with E-state index in [9.17, 15) is 4.79 Å². The van der Waals surface area contributed by atoms with E-state index in [0.717, 1.165) is 12.0 Å². The molecule has 0 unspecified atom stereocenters. The average molecular weight is 406 g/mol. The van der Waals surface area contributed by atoms with E-state index >= 15 is 0 Å². The first-order valence-corrected chi connectivity index (χ1v) is 9.34. The van der Waals surface area contributed by atoms with Gasteiger partial charge in [-0.1, -0.05) is 11.6 Å². The van der Waals surface area contributed by atoms with Crippen molar-refractivity contribution in [3.8, 4) is 11.6 Å². The first-order chi connectivity index (χ1) is 13.6. The Morgan fingerprint density at radius 2 is 2.25 bits per heavy atom. The predicted octanol–water partition coefficient (Wildman–Crippen LogP) is 1.51. The van der Waals surface area contributed by atoms with E-state index in [1.807, 2.05) is 0 Å². The summed E-state index contributed by atoms with van der Waals surface area (Å²) >= 11 is 6.56. The number of aliphatic hydroxyl groups is 1. The van der Waals surface area contributed by atoms with Crippen molar-refractivity contribution in [2.75, 3.05) is 43.5 Å². The van der Waals surface area contributed by atoms with Crippen molar-refractivity contribution in [3.63, 3.8) is 0 Å². The third-order valence-electron chi connectivity index (χ3n) is 4.65. The Kier molecular flexibility index (Phi) is 5.21. The Hall–Kier alpha value is -2.62. The second-order valence-corrected chi connectivity index (χ2v) is 6.92. The maximum atomic E-state index is 12.5. The molecular weight excluding hydrogens is 386 g/mol. The number of carbonyl (C=O) groups excluding carboxylic acids is 1. The lowest BCUT2D eigenvalue weighted by molar-refractivity contribution is 0.0942. The van der Waals surface area contributed by atoms with Gasteiger partial charge in [0, 0.05) is 30.8 Å². The summed E-state index contributed by atoms with van der Waals surface area (Å²) in [7, 11) is 0. The molecule has 0 radical (unpaired) electrons. The van der Waals surface area contributed by atoms with Crippen LogP contribution in [0.15, 0.2) is 18.2 Å². The van der Waals surface area contributed by atoms with E-state index < -0.39 is 5.91 Å². The Balaban J connectivity index is 1.87. The second kappa shape index (κ2) is 7.78. The minimum atomic E-state index is -0.409. The second-order valence-electron chi connectivity index (χ2n) is 6.51. The number of halogens is 1. The fourth-order valence-electron chi connectivity index (χ4n) is 3.40. The lowest BCUT2D eigenvalue weighted by Gasteiger charge is -2.31. The lowest BCUT2D eigenvalue weighted by Crippen LogP contribution is -2.31. The predicted molar refractivity (Wildman–Crippen MR) is 103 cm³/mol. The molecule has 3 heterocycles. The number of aromatic nitrogens is 2. The Morgan fingerprint density at radius 3 is 3.07 bits per heavy atom. The highest BCUT2D eigenvalue weighted by Crippen LogP contribution is 2.40. The van der Waals surface area contributed by atoms with Gasteiger partial charge in [-0.3, -0.25) is 4.79 Å². The fourth-order valence-corrected chi connectivity index (χ4v) is 3.69. The van der Waals surface area contributed by atoms with Crippen molar-refractivity contribution in [1.29, 1.82) is 0 Å². The number of nitrogens with one attached hydrogen (secondary N) is 1. The van der Waals surface area contributed by atoms with Crippen LogP contribution < -0.4 is 20.7 Å². The van der Waals surface area contributed by atoms with Crippen LogP contribution in [0.3, 0.4) is 0 Å². The normalized spacial score (nSPS) is 18.1. The minimum absolute atomic E-state index is 0.0730. The van der Waals surface area contributed by atoms with Crippen LogP contribution in [0.25, 0.3) is 0 Å². The van der Waals surface area contributed by atoms with Crippen molar-refractivity contribution >= 4 is 29.3 Å². The number of rotatable bonds is 3. The first kappa shape index (κ1) is 18.7. The highest BCUT2D eigenvalue weighted by molar-refractivity contribution is 6.32. The number of anilines is 2. The van der Waals surface area contributed by atoms with Gasteiger partial charge in [0.05, 0.1) is 24.8 Å². The summed E-state index contributed by atoms with van der Waals surface area (Å²) in [4.78, 5) is 23.1. The molecule has 28 heavy (non-hydrogen) atoms. The number of fused-ring (bicyclic) bond motifs is 7. The SMILES string of the molecule is Nc1nc2cc(n1)N1CCCOC[C@@H]1c1cc(c(C(=O)NCCO)cc1Cl)O2. The summed E-state index contributed by atoms with van der Waals surface area (Å²) in [5, 5.41) is 12.0. The molecule has 1 aromatic heterocycles. The smallest absolute Gasteiger partial charge is 0.255 e. The quantitative estimate of drug-likeness (QED) is 0.702. The molecule has 1 amide bonds. The third kappa shape index (κ3) is 3.56. The molecular formula is C18H20ClN5O4. The van der Waals surface area contributed by atoms with Crippen LogP contribution in [-0.4, -0.2) is 53.9 Å². The number of carbonyl (C=O) groups is 1. The molecule has 10 heteroatoms. The van der Waals surface area contributed by atoms with Gasteiger partial charge >= 0.3 is 0 Å². The number of nitrogens with zero attached hydrogens (tertiary/aromatic N) is 3. The number of amides is 1. The van der Waals surface area contributed by atoms with Crippen molar-refractivity contribution in [2.45, 2.75) is 12.5 Å². The third-order valence-corrected chi connectivity index (χ3v) is 4.98. The maximum Gasteiger partial charge on any atom is 0.255 e. The molecule has 4 bridgehead atoms. The number of aliphatic hydroxyl groups excluding tert-OH is 1. The van der Waals surface area contributed by atoms with Crippen LogP contribution in [0.1, 0.15) is 28.4 Å². The molecule has 1 aromatic carbocycles. The van der Waals surface area contributed by atoms with Gasteiger partial charge in [0.15, 0.2) is 0 Å². The molecule has 2 aliphatic heterocycles. The molecule has 9 nitrogen and oxygen atoms in total. The zero-order chi connectivity index (χ0) is 19.7. The zero-order valence-electron chi connectivity index (χ0n) is 15.0. The Labute approximate surface area is 166 Å². The van der Waals surface area contributed by atoms with E-state index in [-0.39, 0.29) is 36.6 Å². The molecule has 2 aliphatic rings. The molecule has 148 valence electrons. The Bertz CT molecular complexity index is 910. The van der Waals surface area contributed by atoms with Crippen LogP contribution in [0.5, 0.6) is 11.6 Å². The van der Waals surface area contributed by atoms with Crippen LogP contribution in [0.2, 0.25) is 5.02 Å². The first-order valence-electron chi connectivity index (χ1n) is 8.96. The standard InChI is InChI=1S/C18H20ClN5O4/c19-12-6-11(17(26)21-2-4-25)14-7-10(12)13-9-27-5-1-3-24(13)15-8-16(28-14)23-18(20)22-15/h6-8,13,25H,1-5,9H2,(H,21,26)(H2,20,22,23)/t13-/m1/s1. The molecule has 1 fully saturated rings. The summed E-state index contributed by atoms with van der Waals surface area (Å²) in [6, 6.07) is 4.77. The summed E-state index contributed by atoms with van der Waals surface area (Å²) in [5.74, 6) is 0.808. The van der Waals surface area contributed by atoms with Gasteiger partial charge in [-0.25, -0.2) is 0 Å². The van der Waals surface area contributed by atoms with Crippen LogP contribution >= 0.6 is 11.6 Å². The highest BCUT2D eigenvalue weighted by Gasteiger charge is 2.30. The summed E-state index contributed by atoms with van der Waals surface area (Å²) in [6.07, 6.45) is 0.822. The topological polar surface area (TPSA) is 123 Å². The van der Waals surface area contributed by atoms with Crippen LogP contribution in [-0.2, 0) is 4.74 Å². The number of hydrogen-bond acceptors (Lipinski definition) is 8. The number of nitrogen functional groups attached to an aromatic ring is 1. The van der Waals surface area contributed by atoms with Crippen molar-refractivity contribution in [3.05, 3.63) is 34.3 Å². The zero-order valence-corrected chi connectivity index (χ0v) is 15.8. The van der Waals surface area contributed by atoms with E-state index in [2.05, 4.69) is 20.2 Å². The summed E-state index contributed by atoms with van der Waals surface area (Å²) < 4.78 is 11.7. The maximum absolute atomic E-state index is 12.5. The van der Waals surface area contributed by atoms with Crippen molar-refractivity contribution in [2.24, 2.45) is 0 Å².